The number of rotatable bonds is 6. The maximum atomic E-state index is 12.1. The van der Waals surface area contributed by atoms with Crippen molar-refractivity contribution < 1.29 is 19.1 Å². The van der Waals surface area contributed by atoms with Crippen molar-refractivity contribution in [2.45, 2.75) is 39.3 Å². The summed E-state index contributed by atoms with van der Waals surface area (Å²) >= 11 is 0. The van der Waals surface area contributed by atoms with Crippen LogP contribution in [0.15, 0.2) is 30.3 Å². The molecule has 0 radical (unpaired) electrons. The van der Waals surface area contributed by atoms with E-state index in [1.165, 1.54) is 0 Å². The molecule has 5 heteroatoms. The Morgan fingerprint density at radius 1 is 1.36 bits per heavy atom. The van der Waals surface area contributed by atoms with Crippen molar-refractivity contribution in [1.29, 1.82) is 0 Å². The second-order valence-electron chi connectivity index (χ2n) is 5.61. The maximum absolute atomic E-state index is 12.1. The van der Waals surface area contributed by atoms with E-state index in [2.05, 4.69) is 0 Å². The predicted molar refractivity (Wildman–Crippen MR) is 82.2 cm³/mol. The molecule has 1 aliphatic heterocycles. The third-order valence-corrected chi connectivity index (χ3v) is 4.02. The SMILES string of the molecule is CCOC(=O)[C@H](C)C[C@@H]1COC(=O)N1[C@H](C)c1ccccc1. The van der Waals surface area contributed by atoms with Gasteiger partial charge in [0.2, 0.25) is 0 Å². The van der Waals surface area contributed by atoms with Gasteiger partial charge < -0.3 is 9.47 Å². The van der Waals surface area contributed by atoms with Crippen LogP contribution in [0.4, 0.5) is 4.79 Å². The number of nitrogens with zero attached hydrogens (tertiary/aromatic N) is 1. The highest BCUT2D eigenvalue weighted by Gasteiger charge is 2.38. The van der Waals surface area contributed by atoms with Crippen molar-refractivity contribution in [2.75, 3.05) is 13.2 Å². The number of amides is 1. The van der Waals surface area contributed by atoms with Gasteiger partial charge in [0.25, 0.3) is 0 Å². The van der Waals surface area contributed by atoms with Crippen LogP contribution in [0.5, 0.6) is 0 Å². The van der Waals surface area contributed by atoms with Gasteiger partial charge in [0.15, 0.2) is 0 Å². The number of ether oxygens (including phenoxy) is 2. The van der Waals surface area contributed by atoms with Crippen LogP contribution in [-0.2, 0) is 14.3 Å². The predicted octanol–water partition coefficient (Wildman–Crippen LogP) is 3.16. The van der Waals surface area contributed by atoms with Gasteiger partial charge in [-0.3, -0.25) is 9.69 Å². The molecule has 1 aromatic carbocycles. The van der Waals surface area contributed by atoms with Crippen molar-refractivity contribution in [3.8, 4) is 0 Å². The molecule has 1 fully saturated rings. The van der Waals surface area contributed by atoms with Crippen LogP contribution in [0.1, 0.15) is 38.8 Å². The fraction of sp³-hybridized carbons (Fsp3) is 0.529. The third kappa shape index (κ3) is 3.59. The number of esters is 1. The zero-order valence-electron chi connectivity index (χ0n) is 13.3. The summed E-state index contributed by atoms with van der Waals surface area (Å²) in [5.74, 6) is -0.487. The molecular weight excluding hydrogens is 282 g/mol. The van der Waals surface area contributed by atoms with Crippen molar-refractivity contribution in [1.82, 2.24) is 4.90 Å². The van der Waals surface area contributed by atoms with E-state index in [9.17, 15) is 9.59 Å². The van der Waals surface area contributed by atoms with Gasteiger partial charge in [-0.25, -0.2) is 4.79 Å². The second-order valence-corrected chi connectivity index (χ2v) is 5.61. The first-order valence-electron chi connectivity index (χ1n) is 7.71. The largest absolute Gasteiger partial charge is 0.466 e. The van der Waals surface area contributed by atoms with Crippen LogP contribution in [-0.4, -0.2) is 36.2 Å². The lowest BCUT2D eigenvalue weighted by Gasteiger charge is -2.29. The Morgan fingerprint density at radius 3 is 2.68 bits per heavy atom. The van der Waals surface area contributed by atoms with Crippen LogP contribution in [0.2, 0.25) is 0 Å². The summed E-state index contributed by atoms with van der Waals surface area (Å²) in [6, 6.07) is 9.62. The zero-order chi connectivity index (χ0) is 16.1. The Kier molecular flexibility index (Phi) is 5.41. The molecule has 1 saturated heterocycles. The second kappa shape index (κ2) is 7.29. The van der Waals surface area contributed by atoms with Crippen molar-refractivity contribution >= 4 is 12.1 Å². The van der Waals surface area contributed by atoms with E-state index in [1.807, 2.05) is 44.2 Å². The van der Waals surface area contributed by atoms with Crippen LogP contribution in [0, 0.1) is 5.92 Å². The van der Waals surface area contributed by atoms with E-state index < -0.39 is 0 Å². The number of hydrogen-bond acceptors (Lipinski definition) is 4. The van der Waals surface area contributed by atoms with Crippen LogP contribution in [0.25, 0.3) is 0 Å². The molecule has 0 aliphatic carbocycles. The lowest BCUT2D eigenvalue weighted by Crippen LogP contribution is -2.38. The van der Waals surface area contributed by atoms with Gasteiger partial charge in [-0.1, -0.05) is 37.3 Å². The van der Waals surface area contributed by atoms with Gasteiger partial charge in [0.05, 0.1) is 24.6 Å². The first-order chi connectivity index (χ1) is 10.5. The molecule has 2 rings (SSSR count). The summed E-state index contributed by atoms with van der Waals surface area (Å²) in [4.78, 5) is 25.6. The lowest BCUT2D eigenvalue weighted by molar-refractivity contribution is -0.148. The highest BCUT2D eigenvalue weighted by atomic mass is 16.6. The van der Waals surface area contributed by atoms with E-state index in [-0.39, 0.29) is 30.1 Å². The molecule has 22 heavy (non-hydrogen) atoms. The van der Waals surface area contributed by atoms with Gasteiger partial charge >= 0.3 is 12.1 Å². The minimum Gasteiger partial charge on any atom is -0.466 e. The quantitative estimate of drug-likeness (QED) is 0.758. The minimum absolute atomic E-state index is 0.0874. The van der Waals surface area contributed by atoms with Crippen LogP contribution < -0.4 is 0 Å². The number of hydrogen-bond donors (Lipinski definition) is 0. The zero-order valence-corrected chi connectivity index (χ0v) is 13.3. The molecule has 1 heterocycles. The summed E-state index contributed by atoms with van der Waals surface area (Å²) in [5, 5.41) is 0. The standard InChI is InChI=1S/C17H23NO4/c1-4-21-16(19)12(2)10-15-11-22-17(20)18(15)13(3)14-8-6-5-7-9-14/h5-9,12-13,15H,4,10-11H2,1-3H3/t12-,13-,15-/m1/s1. The Balaban J connectivity index is 2.08. The molecule has 0 saturated carbocycles. The number of benzene rings is 1. The van der Waals surface area contributed by atoms with Gasteiger partial charge in [-0.2, -0.15) is 0 Å². The Labute approximate surface area is 131 Å². The molecule has 1 aromatic rings. The molecule has 120 valence electrons. The summed E-state index contributed by atoms with van der Waals surface area (Å²) in [6.07, 6.45) is 0.222. The first kappa shape index (κ1) is 16.3. The molecule has 3 atom stereocenters. The normalized spacial score (nSPS) is 20.4. The molecule has 0 unspecified atom stereocenters. The van der Waals surface area contributed by atoms with E-state index >= 15 is 0 Å². The van der Waals surface area contributed by atoms with Crippen LogP contribution in [0.3, 0.4) is 0 Å². The Bertz CT molecular complexity index is 517. The number of cyclic esters (lactones) is 1. The minimum atomic E-state index is -0.322. The fourth-order valence-corrected chi connectivity index (χ4v) is 2.81. The van der Waals surface area contributed by atoms with Gasteiger partial charge in [-0.15, -0.1) is 0 Å². The van der Waals surface area contributed by atoms with Crippen molar-refractivity contribution in [3.63, 3.8) is 0 Å². The maximum Gasteiger partial charge on any atom is 0.410 e. The summed E-state index contributed by atoms with van der Waals surface area (Å²) in [5.41, 5.74) is 1.05. The summed E-state index contributed by atoms with van der Waals surface area (Å²) < 4.78 is 10.2. The molecule has 0 bridgehead atoms. The van der Waals surface area contributed by atoms with Gasteiger partial charge in [0, 0.05) is 0 Å². The highest BCUT2D eigenvalue weighted by Crippen LogP contribution is 2.30. The molecule has 0 aromatic heterocycles. The molecular formula is C17H23NO4. The lowest BCUT2D eigenvalue weighted by atomic mass is 9.99. The smallest absolute Gasteiger partial charge is 0.410 e. The van der Waals surface area contributed by atoms with Crippen LogP contribution >= 0.6 is 0 Å². The molecule has 0 spiro atoms. The van der Waals surface area contributed by atoms with E-state index in [0.717, 1.165) is 5.56 Å². The van der Waals surface area contributed by atoms with Crippen molar-refractivity contribution in [2.24, 2.45) is 5.92 Å². The van der Waals surface area contributed by atoms with E-state index in [0.29, 0.717) is 19.6 Å². The summed E-state index contributed by atoms with van der Waals surface area (Å²) in [7, 11) is 0. The van der Waals surface area contributed by atoms with Crippen molar-refractivity contribution in [3.05, 3.63) is 35.9 Å². The molecule has 1 aliphatic rings. The average molecular weight is 305 g/mol. The average Bonchev–Trinajstić information content (AvgIpc) is 2.88. The summed E-state index contributed by atoms with van der Waals surface area (Å²) in [6.45, 7) is 6.28. The first-order valence-corrected chi connectivity index (χ1v) is 7.71. The Morgan fingerprint density at radius 2 is 2.05 bits per heavy atom. The van der Waals surface area contributed by atoms with Gasteiger partial charge in [0.1, 0.15) is 6.61 Å². The topological polar surface area (TPSA) is 55.8 Å². The number of carbonyl (C=O) groups is 2. The fourth-order valence-electron chi connectivity index (χ4n) is 2.81. The molecule has 5 nitrogen and oxygen atoms in total. The highest BCUT2D eigenvalue weighted by molar-refractivity contribution is 5.73. The molecule has 0 N–H and O–H groups in total. The van der Waals surface area contributed by atoms with E-state index in [4.69, 9.17) is 9.47 Å². The Hall–Kier alpha value is -2.04. The third-order valence-electron chi connectivity index (χ3n) is 4.02. The molecule has 1 amide bonds. The monoisotopic (exact) mass is 305 g/mol. The number of carbonyl (C=O) groups excluding carboxylic acids is 2. The van der Waals surface area contributed by atoms with Gasteiger partial charge in [-0.05, 0) is 25.8 Å². The van der Waals surface area contributed by atoms with E-state index in [1.54, 1.807) is 11.8 Å².